The van der Waals surface area contributed by atoms with E-state index in [0.29, 0.717) is 34.0 Å². The molecule has 2 aromatic heterocycles. The molecule has 0 spiro atoms. The maximum Gasteiger partial charge on any atom is 0.420 e. The molecule has 0 aliphatic heterocycles. The van der Waals surface area contributed by atoms with Crippen LogP contribution in [0, 0.1) is 5.92 Å². The van der Waals surface area contributed by atoms with E-state index in [4.69, 9.17) is 13.9 Å². The van der Waals surface area contributed by atoms with E-state index in [1.54, 1.807) is 31.2 Å². The lowest BCUT2D eigenvalue weighted by Crippen LogP contribution is -2.26. The lowest BCUT2D eigenvalue weighted by atomic mass is 10.0. The Hall–Kier alpha value is -3.40. The standard InChI is InChI=1S/C22H24N2O7S/c1-4-29-21(27)19-14(9-13(2)3)12-32-20(19)23-17(25)11-30-18(26)10-24-15-7-5-6-8-16(15)31-22(24)28/h5-8,12-13H,4,9-11H2,1-3H3,(H,23,25). The first-order valence-electron chi connectivity index (χ1n) is 10.1. The van der Waals surface area contributed by atoms with Crippen molar-refractivity contribution in [3.8, 4) is 0 Å². The molecular weight excluding hydrogens is 436 g/mol. The van der Waals surface area contributed by atoms with E-state index < -0.39 is 36.8 Å². The van der Waals surface area contributed by atoms with Gasteiger partial charge < -0.3 is 19.2 Å². The molecule has 0 atom stereocenters. The lowest BCUT2D eigenvalue weighted by Gasteiger charge is -2.10. The Morgan fingerprint density at radius 2 is 1.94 bits per heavy atom. The zero-order valence-electron chi connectivity index (χ0n) is 18.0. The van der Waals surface area contributed by atoms with Gasteiger partial charge in [0.05, 0.1) is 17.7 Å². The van der Waals surface area contributed by atoms with Gasteiger partial charge >= 0.3 is 17.7 Å². The van der Waals surface area contributed by atoms with Crippen molar-refractivity contribution in [2.75, 3.05) is 18.5 Å². The molecule has 1 amide bonds. The number of esters is 2. The Labute approximate surface area is 187 Å². The van der Waals surface area contributed by atoms with Crippen LogP contribution in [0.5, 0.6) is 0 Å². The zero-order chi connectivity index (χ0) is 23.3. The number of nitrogens with zero attached hydrogens (tertiary/aromatic N) is 1. The predicted molar refractivity (Wildman–Crippen MR) is 119 cm³/mol. The number of carbonyl (C=O) groups excluding carboxylic acids is 3. The summed E-state index contributed by atoms with van der Waals surface area (Å²) >= 11 is 1.21. The van der Waals surface area contributed by atoms with Crippen molar-refractivity contribution in [2.24, 2.45) is 5.92 Å². The van der Waals surface area contributed by atoms with Crippen molar-refractivity contribution in [1.29, 1.82) is 0 Å². The summed E-state index contributed by atoms with van der Waals surface area (Å²) in [4.78, 5) is 48.9. The maximum atomic E-state index is 12.4. The second kappa shape index (κ2) is 10.3. The number of carbonyl (C=O) groups is 3. The molecule has 0 radical (unpaired) electrons. The number of fused-ring (bicyclic) bond motifs is 1. The van der Waals surface area contributed by atoms with Gasteiger partial charge in [0.15, 0.2) is 12.2 Å². The Kier molecular flexibility index (Phi) is 7.47. The fourth-order valence-corrected chi connectivity index (χ4v) is 4.13. The highest BCUT2D eigenvalue weighted by molar-refractivity contribution is 7.15. The highest BCUT2D eigenvalue weighted by Gasteiger charge is 2.23. The molecule has 3 aromatic rings. The molecule has 0 saturated heterocycles. The second-order valence-corrected chi connectivity index (χ2v) is 8.29. The molecule has 32 heavy (non-hydrogen) atoms. The summed E-state index contributed by atoms with van der Waals surface area (Å²) < 4.78 is 16.3. The number of rotatable bonds is 9. The van der Waals surface area contributed by atoms with Crippen LogP contribution in [0.4, 0.5) is 5.00 Å². The average Bonchev–Trinajstić information content (AvgIpc) is 3.26. The molecule has 0 fully saturated rings. The van der Waals surface area contributed by atoms with Crippen LogP contribution in [-0.4, -0.2) is 35.6 Å². The number of amides is 1. The third kappa shape index (κ3) is 5.44. The van der Waals surface area contributed by atoms with Gasteiger partial charge in [0.1, 0.15) is 11.5 Å². The highest BCUT2D eigenvalue weighted by Crippen LogP contribution is 2.31. The van der Waals surface area contributed by atoms with Crippen molar-refractivity contribution < 1.29 is 28.3 Å². The number of hydrogen-bond donors (Lipinski definition) is 1. The number of benzene rings is 1. The van der Waals surface area contributed by atoms with E-state index in [0.717, 1.165) is 10.1 Å². The number of hydrogen-bond acceptors (Lipinski definition) is 8. The molecule has 0 saturated carbocycles. The van der Waals surface area contributed by atoms with Crippen LogP contribution in [0.15, 0.2) is 38.9 Å². The summed E-state index contributed by atoms with van der Waals surface area (Å²) in [5, 5.41) is 4.77. The minimum Gasteiger partial charge on any atom is -0.462 e. The van der Waals surface area contributed by atoms with Gasteiger partial charge in [0.25, 0.3) is 5.91 Å². The Balaban J connectivity index is 1.64. The average molecular weight is 461 g/mol. The fraction of sp³-hybridized carbons (Fsp3) is 0.364. The van der Waals surface area contributed by atoms with E-state index in [2.05, 4.69) is 5.32 Å². The van der Waals surface area contributed by atoms with Crippen molar-refractivity contribution >= 4 is 45.3 Å². The molecule has 170 valence electrons. The quantitative estimate of drug-likeness (QED) is 0.487. The number of ether oxygens (including phenoxy) is 2. The molecule has 0 unspecified atom stereocenters. The topological polar surface area (TPSA) is 117 Å². The van der Waals surface area contributed by atoms with E-state index in [9.17, 15) is 19.2 Å². The predicted octanol–water partition coefficient (Wildman–Crippen LogP) is 3.21. The van der Waals surface area contributed by atoms with Gasteiger partial charge in [-0.3, -0.25) is 14.2 Å². The van der Waals surface area contributed by atoms with Gasteiger partial charge in [-0.05, 0) is 42.3 Å². The first-order valence-corrected chi connectivity index (χ1v) is 11.0. The van der Waals surface area contributed by atoms with Gasteiger partial charge in [-0.25, -0.2) is 9.59 Å². The number of para-hydroxylation sites is 2. The van der Waals surface area contributed by atoms with E-state index in [1.165, 1.54) is 11.3 Å². The summed E-state index contributed by atoms with van der Waals surface area (Å²) in [6, 6.07) is 6.67. The van der Waals surface area contributed by atoms with Crippen molar-refractivity contribution in [3.63, 3.8) is 0 Å². The van der Waals surface area contributed by atoms with Gasteiger partial charge in [0.2, 0.25) is 0 Å². The monoisotopic (exact) mass is 460 g/mol. The molecule has 0 bridgehead atoms. The van der Waals surface area contributed by atoms with Crippen LogP contribution < -0.4 is 11.1 Å². The van der Waals surface area contributed by atoms with Crippen LogP contribution in [0.25, 0.3) is 11.1 Å². The SMILES string of the molecule is CCOC(=O)c1c(CC(C)C)csc1NC(=O)COC(=O)Cn1c(=O)oc2ccccc21. The Morgan fingerprint density at radius 3 is 2.66 bits per heavy atom. The first kappa shape index (κ1) is 23.3. The van der Waals surface area contributed by atoms with Gasteiger partial charge in [-0.1, -0.05) is 26.0 Å². The molecule has 1 aromatic carbocycles. The molecule has 0 aliphatic carbocycles. The maximum absolute atomic E-state index is 12.4. The summed E-state index contributed by atoms with van der Waals surface area (Å²) in [5.41, 5.74) is 1.92. The van der Waals surface area contributed by atoms with Gasteiger partial charge in [0, 0.05) is 0 Å². The fourth-order valence-electron chi connectivity index (χ4n) is 3.15. The van der Waals surface area contributed by atoms with Gasteiger partial charge in [-0.15, -0.1) is 11.3 Å². The van der Waals surface area contributed by atoms with Crippen molar-refractivity contribution in [1.82, 2.24) is 4.57 Å². The lowest BCUT2D eigenvalue weighted by molar-refractivity contribution is -0.147. The molecule has 3 rings (SSSR count). The number of thiophene rings is 1. The summed E-state index contributed by atoms with van der Waals surface area (Å²) in [5.74, 6) is -2.27. The van der Waals surface area contributed by atoms with Crippen LogP contribution in [0.2, 0.25) is 0 Å². The smallest absolute Gasteiger partial charge is 0.420 e. The number of nitrogens with one attached hydrogen (secondary N) is 1. The minimum atomic E-state index is -0.772. The van der Waals surface area contributed by atoms with E-state index in [1.807, 2.05) is 19.2 Å². The third-order valence-corrected chi connectivity index (χ3v) is 5.40. The van der Waals surface area contributed by atoms with E-state index >= 15 is 0 Å². The molecule has 10 heteroatoms. The molecular formula is C22H24N2O7S. The number of oxazole rings is 1. The number of anilines is 1. The minimum absolute atomic E-state index is 0.211. The van der Waals surface area contributed by atoms with Crippen molar-refractivity contribution in [2.45, 2.75) is 33.7 Å². The van der Waals surface area contributed by atoms with Crippen LogP contribution in [-0.2, 0) is 32.0 Å². The second-order valence-electron chi connectivity index (χ2n) is 7.41. The Morgan fingerprint density at radius 1 is 1.19 bits per heavy atom. The summed E-state index contributed by atoms with van der Waals surface area (Å²) in [6.07, 6.45) is 0.656. The summed E-state index contributed by atoms with van der Waals surface area (Å²) in [7, 11) is 0. The van der Waals surface area contributed by atoms with Gasteiger partial charge in [-0.2, -0.15) is 0 Å². The largest absolute Gasteiger partial charge is 0.462 e. The van der Waals surface area contributed by atoms with E-state index in [-0.39, 0.29) is 6.61 Å². The zero-order valence-corrected chi connectivity index (χ0v) is 18.8. The van der Waals surface area contributed by atoms with Crippen LogP contribution >= 0.6 is 11.3 Å². The highest BCUT2D eigenvalue weighted by atomic mass is 32.1. The first-order chi connectivity index (χ1) is 15.3. The molecule has 2 heterocycles. The number of aromatic nitrogens is 1. The Bertz CT molecular complexity index is 1190. The molecule has 1 N–H and O–H groups in total. The van der Waals surface area contributed by atoms with Crippen molar-refractivity contribution in [3.05, 3.63) is 51.3 Å². The summed E-state index contributed by atoms with van der Waals surface area (Å²) in [6.45, 7) is 5.01. The normalized spacial score (nSPS) is 11.0. The van der Waals surface area contributed by atoms with Crippen LogP contribution in [0.3, 0.4) is 0 Å². The molecule has 0 aliphatic rings. The molecule has 9 nitrogen and oxygen atoms in total. The third-order valence-electron chi connectivity index (χ3n) is 4.45. The van der Waals surface area contributed by atoms with Crippen LogP contribution in [0.1, 0.15) is 36.7 Å².